The first-order valence-corrected chi connectivity index (χ1v) is 14.8. The van der Waals surface area contributed by atoms with Gasteiger partial charge in [0.25, 0.3) is 0 Å². The molecule has 7 aromatic carbocycles. The fraction of sp³-hybridized carbons (Fsp3) is 0.0732. The second kappa shape index (κ2) is 8.83. The van der Waals surface area contributed by atoms with Crippen LogP contribution in [0.5, 0.6) is 23.0 Å². The highest BCUT2D eigenvalue weighted by atomic mass is 16.6. The summed E-state index contributed by atoms with van der Waals surface area (Å²) in [6.45, 7) is 4.71. The van der Waals surface area contributed by atoms with Crippen molar-refractivity contribution in [3.8, 4) is 56.4 Å². The van der Waals surface area contributed by atoms with E-state index in [1.165, 1.54) is 49.7 Å². The third kappa shape index (κ3) is 3.53. The van der Waals surface area contributed by atoms with Crippen LogP contribution in [0, 0.1) is 0 Å². The monoisotopic (exact) mass is 552 g/mol. The molecule has 1 aliphatic heterocycles. The number of benzene rings is 7. The summed E-state index contributed by atoms with van der Waals surface area (Å²) in [4.78, 5) is 0. The van der Waals surface area contributed by atoms with Crippen molar-refractivity contribution in [3.63, 3.8) is 0 Å². The van der Waals surface area contributed by atoms with Crippen LogP contribution >= 0.6 is 0 Å². The first-order valence-electron chi connectivity index (χ1n) is 14.8. The van der Waals surface area contributed by atoms with Gasteiger partial charge in [-0.1, -0.05) is 117 Å². The van der Waals surface area contributed by atoms with E-state index in [-0.39, 0.29) is 5.41 Å². The molecule has 2 heteroatoms. The molecule has 43 heavy (non-hydrogen) atoms. The second-order valence-corrected chi connectivity index (χ2v) is 12.1. The van der Waals surface area contributed by atoms with Crippen molar-refractivity contribution in [2.24, 2.45) is 0 Å². The molecule has 0 saturated carbocycles. The fourth-order valence-electron chi connectivity index (χ4n) is 7.14. The van der Waals surface area contributed by atoms with Gasteiger partial charge in [0.2, 0.25) is 0 Å². The standard InChI is InChI=1S/C41H28O2/c1-41(2)35-22-26(29-15-9-11-25-10-3-4-12-28(25)29)18-20-31(35)32-21-19-27(23-36(32)41)34-24-39-40(33-14-6-5-13-30(33)34)43-38-17-8-7-16-37(38)42-39/h3-24H,1-2H3. The molecule has 7 aromatic rings. The molecule has 0 amide bonds. The zero-order valence-electron chi connectivity index (χ0n) is 24.0. The molecule has 0 saturated heterocycles. The minimum absolute atomic E-state index is 0.149. The van der Waals surface area contributed by atoms with Gasteiger partial charge in [-0.15, -0.1) is 0 Å². The number of hydrogen-bond acceptors (Lipinski definition) is 2. The Morgan fingerprint density at radius 3 is 1.74 bits per heavy atom. The number of para-hydroxylation sites is 2. The van der Waals surface area contributed by atoms with Crippen LogP contribution < -0.4 is 9.47 Å². The number of fused-ring (bicyclic) bond motifs is 8. The topological polar surface area (TPSA) is 18.5 Å². The summed E-state index contributed by atoms with van der Waals surface area (Å²) >= 11 is 0. The Bertz CT molecular complexity index is 2270. The van der Waals surface area contributed by atoms with Gasteiger partial charge in [-0.05, 0) is 91.0 Å². The quantitative estimate of drug-likeness (QED) is 0.212. The molecule has 2 nitrogen and oxygen atoms in total. The minimum Gasteiger partial charge on any atom is -0.449 e. The van der Waals surface area contributed by atoms with Crippen molar-refractivity contribution >= 4 is 21.5 Å². The van der Waals surface area contributed by atoms with Gasteiger partial charge in [-0.25, -0.2) is 0 Å². The van der Waals surface area contributed by atoms with Crippen LogP contribution in [-0.2, 0) is 5.41 Å². The summed E-state index contributed by atoms with van der Waals surface area (Å²) in [6, 6.07) is 47.6. The summed E-state index contributed by atoms with van der Waals surface area (Å²) in [5, 5.41) is 4.75. The average Bonchev–Trinajstić information content (AvgIpc) is 3.28. The molecule has 0 spiro atoms. The smallest absolute Gasteiger partial charge is 0.177 e. The van der Waals surface area contributed by atoms with Crippen molar-refractivity contribution in [2.45, 2.75) is 19.3 Å². The molecule has 0 radical (unpaired) electrons. The van der Waals surface area contributed by atoms with Gasteiger partial charge >= 0.3 is 0 Å². The fourth-order valence-corrected chi connectivity index (χ4v) is 7.14. The summed E-state index contributed by atoms with van der Waals surface area (Å²) in [7, 11) is 0. The first kappa shape index (κ1) is 24.3. The van der Waals surface area contributed by atoms with E-state index in [9.17, 15) is 0 Å². The van der Waals surface area contributed by atoms with Crippen LogP contribution in [0.3, 0.4) is 0 Å². The Morgan fingerprint density at radius 1 is 0.419 bits per heavy atom. The number of rotatable bonds is 2. The van der Waals surface area contributed by atoms with Gasteiger partial charge in [-0.3, -0.25) is 0 Å². The van der Waals surface area contributed by atoms with E-state index >= 15 is 0 Å². The van der Waals surface area contributed by atoms with E-state index in [0.29, 0.717) is 0 Å². The van der Waals surface area contributed by atoms with Crippen molar-refractivity contribution < 1.29 is 9.47 Å². The maximum Gasteiger partial charge on any atom is 0.177 e. The Balaban J connectivity index is 1.18. The van der Waals surface area contributed by atoms with Gasteiger partial charge < -0.3 is 9.47 Å². The molecule has 0 N–H and O–H groups in total. The van der Waals surface area contributed by atoms with Gasteiger partial charge in [0, 0.05) is 10.8 Å². The van der Waals surface area contributed by atoms with Gasteiger partial charge in [0.1, 0.15) is 0 Å². The third-order valence-electron chi connectivity index (χ3n) is 9.33. The molecular formula is C41H28O2. The molecular weight excluding hydrogens is 524 g/mol. The second-order valence-electron chi connectivity index (χ2n) is 12.1. The van der Waals surface area contributed by atoms with Crippen molar-refractivity contribution in [1.29, 1.82) is 0 Å². The average molecular weight is 553 g/mol. The van der Waals surface area contributed by atoms with E-state index in [0.717, 1.165) is 39.3 Å². The van der Waals surface area contributed by atoms with Crippen LogP contribution in [0.25, 0.3) is 54.9 Å². The first-order chi connectivity index (χ1) is 21.1. The molecule has 1 aliphatic carbocycles. The molecule has 0 unspecified atom stereocenters. The Morgan fingerprint density at radius 2 is 1.00 bits per heavy atom. The van der Waals surface area contributed by atoms with Crippen molar-refractivity contribution in [3.05, 3.63) is 145 Å². The minimum atomic E-state index is -0.149. The summed E-state index contributed by atoms with van der Waals surface area (Å²) < 4.78 is 12.8. The van der Waals surface area contributed by atoms with Crippen molar-refractivity contribution in [2.75, 3.05) is 0 Å². The van der Waals surface area contributed by atoms with Crippen LogP contribution in [0.15, 0.2) is 133 Å². The van der Waals surface area contributed by atoms with Crippen molar-refractivity contribution in [1.82, 2.24) is 0 Å². The molecule has 204 valence electrons. The van der Waals surface area contributed by atoms with Crippen LogP contribution in [-0.4, -0.2) is 0 Å². The molecule has 0 aromatic heterocycles. The lowest BCUT2D eigenvalue weighted by Crippen LogP contribution is -2.15. The molecule has 1 heterocycles. The normalized spacial score (nSPS) is 13.9. The number of hydrogen-bond donors (Lipinski definition) is 0. The Hall–Kier alpha value is -5.34. The third-order valence-corrected chi connectivity index (χ3v) is 9.33. The number of ether oxygens (including phenoxy) is 2. The zero-order chi connectivity index (χ0) is 28.7. The molecule has 0 bridgehead atoms. The predicted octanol–water partition coefficient (Wildman–Crippen LogP) is 11.5. The zero-order valence-corrected chi connectivity index (χ0v) is 24.0. The highest BCUT2D eigenvalue weighted by Crippen LogP contribution is 2.54. The van der Waals surface area contributed by atoms with E-state index in [4.69, 9.17) is 9.47 Å². The molecule has 0 atom stereocenters. The Kier molecular flexibility index (Phi) is 4.99. The van der Waals surface area contributed by atoms with E-state index < -0.39 is 0 Å². The highest BCUT2D eigenvalue weighted by Gasteiger charge is 2.36. The van der Waals surface area contributed by atoms with Gasteiger partial charge in [0.15, 0.2) is 23.0 Å². The SMILES string of the molecule is CC1(C)c2cc(-c3cccc4ccccc34)ccc2-c2ccc(-c3cc4c(c5ccccc35)Oc3ccccc3O4)cc21. The predicted molar refractivity (Wildman–Crippen MR) is 176 cm³/mol. The van der Waals surface area contributed by atoms with Crippen LogP contribution in [0.1, 0.15) is 25.0 Å². The summed E-state index contributed by atoms with van der Waals surface area (Å²) in [6.07, 6.45) is 0. The lowest BCUT2D eigenvalue weighted by Gasteiger charge is -2.24. The van der Waals surface area contributed by atoms with Crippen LogP contribution in [0.2, 0.25) is 0 Å². The molecule has 0 fully saturated rings. The maximum atomic E-state index is 6.39. The van der Waals surface area contributed by atoms with E-state index in [1.807, 2.05) is 24.3 Å². The van der Waals surface area contributed by atoms with Gasteiger partial charge in [0.05, 0.1) is 0 Å². The largest absolute Gasteiger partial charge is 0.449 e. The summed E-state index contributed by atoms with van der Waals surface area (Å²) in [5.74, 6) is 3.00. The molecule has 2 aliphatic rings. The van der Waals surface area contributed by atoms with E-state index in [2.05, 4.69) is 123 Å². The van der Waals surface area contributed by atoms with Crippen LogP contribution in [0.4, 0.5) is 0 Å². The molecule has 9 rings (SSSR count). The Labute approximate surface area is 250 Å². The lowest BCUT2D eigenvalue weighted by molar-refractivity contribution is 0.363. The summed E-state index contributed by atoms with van der Waals surface area (Å²) in [5.41, 5.74) is 10.0. The lowest BCUT2D eigenvalue weighted by atomic mass is 9.80. The maximum absolute atomic E-state index is 6.39. The van der Waals surface area contributed by atoms with Gasteiger partial charge in [-0.2, -0.15) is 0 Å². The highest BCUT2D eigenvalue weighted by molar-refractivity contribution is 6.03. The van der Waals surface area contributed by atoms with E-state index in [1.54, 1.807) is 0 Å².